The lowest BCUT2D eigenvalue weighted by atomic mass is 10.5. The summed E-state index contributed by atoms with van der Waals surface area (Å²) < 4.78 is 0. The number of rotatable bonds is 3. The maximum atomic E-state index is 11.0. The van der Waals surface area contributed by atoms with E-state index in [2.05, 4.69) is 10.6 Å². The molecule has 3 nitrogen and oxygen atoms in total. The number of nitrogens with one attached hydrogen (secondary N) is 2. The van der Waals surface area contributed by atoms with E-state index in [0.29, 0.717) is 11.8 Å². The summed E-state index contributed by atoms with van der Waals surface area (Å²) in [4.78, 5) is 11.0. The smallest absolute Gasteiger partial charge is 0.314 e. The Balaban J connectivity index is 2.06. The molecule has 0 bridgehead atoms. The van der Waals surface area contributed by atoms with Crippen LogP contribution in [-0.4, -0.2) is 41.6 Å². The molecule has 76 valence electrons. The normalized spacial score (nSPS) is 22.4. The molecule has 1 aliphatic heterocycles. The second-order valence-electron chi connectivity index (χ2n) is 2.81. The molecular weight excluding hydrogens is 204 g/mol. The standard InChI is InChI=1S/C8H16N2OS2/c1-2-9-8(11)10-5-7-6-12-3-4-13-7/h7H,2-6H2,1H3,(H2,9,10,11). The monoisotopic (exact) mass is 220 g/mol. The molecule has 1 aliphatic rings. The molecule has 0 aromatic heterocycles. The Morgan fingerprint density at radius 3 is 2.92 bits per heavy atom. The van der Waals surface area contributed by atoms with Crippen molar-refractivity contribution in [2.75, 3.05) is 30.3 Å². The average Bonchev–Trinajstić information content (AvgIpc) is 2.17. The van der Waals surface area contributed by atoms with Gasteiger partial charge in [-0.1, -0.05) is 0 Å². The van der Waals surface area contributed by atoms with Crippen LogP contribution in [0.5, 0.6) is 0 Å². The highest BCUT2D eigenvalue weighted by Crippen LogP contribution is 2.23. The molecule has 0 aromatic carbocycles. The zero-order chi connectivity index (χ0) is 9.52. The Morgan fingerprint density at radius 1 is 1.46 bits per heavy atom. The first kappa shape index (κ1) is 11.0. The molecule has 13 heavy (non-hydrogen) atoms. The van der Waals surface area contributed by atoms with Gasteiger partial charge in [-0.15, -0.1) is 0 Å². The third-order valence-corrected chi connectivity index (χ3v) is 4.56. The number of carbonyl (C=O) groups excluding carboxylic acids is 1. The molecule has 1 rings (SSSR count). The van der Waals surface area contributed by atoms with E-state index in [-0.39, 0.29) is 6.03 Å². The van der Waals surface area contributed by atoms with E-state index in [9.17, 15) is 4.79 Å². The quantitative estimate of drug-likeness (QED) is 0.750. The molecule has 2 N–H and O–H groups in total. The van der Waals surface area contributed by atoms with Gasteiger partial charge in [0.25, 0.3) is 0 Å². The van der Waals surface area contributed by atoms with Crippen LogP contribution in [0.3, 0.4) is 0 Å². The fourth-order valence-electron chi connectivity index (χ4n) is 1.08. The molecule has 1 atom stereocenters. The predicted octanol–water partition coefficient (Wildman–Crippen LogP) is 1.15. The van der Waals surface area contributed by atoms with Crippen molar-refractivity contribution in [3.05, 3.63) is 0 Å². The number of carbonyl (C=O) groups is 1. The maximum Gasteiger partial charge on any atom is 0.314 e. The van der Waals surface area contributed by atoms with Gasteiger partial charge >= 0.3 is 6.03 Å². The van der Waals surface area contributed by atoms with E-state index in [0.717, 1.165) is 12.3 Å². The van der Waals surface area contributed by atoms with Gasteiger partial charge in [0.05, 0.1) is 0 Å². The molecule has 1 fully saturated rings. The van der Waals surface area contributed by atoms with E-state index in [1.165, 1.54) is 11.5 Å². The summed E-state index contributed by atoms with van der Waals surface area (Å²) in [5.74, 6) is 3.63. The minimum absolute atomic E-state index is 0.0429. The maximum absolute atomic E-state index is 11.0. The molecular formula is C8H16N2OS2. The van der Waals surface area contributed by atoms with Gasteiger partial charge in [-0.2, -0.15) is 23.5 Å². The first-order chi connectivity index (χ1) is 6.33. The fourth-order valence-corrected chi connectivity index (χ4v) is 3.70. The first-order valence-corrected chi connectivity index (χ1v) is 6.74. The number of hydrogen-bond acceptors (Lipinski definition) is 3. The molecule has 0 aromatic rings. The highest BCUT2D eigenvalue weighted by molar-refractivity contribution is 8.06. The van der Waals surface area contributed by atoms with Crippen LogP contribution in [0.1, 0.15) is 6.92 Å². The lowest BCUT2D eigenvalue weighted by molar-refractivity contribution is 0.241. The lowest BCUT2D eigenvalue weighted by Crippen LogP contribution is -2.40. The minimum Gasteiger partial charge on any atom is -0.338 e. The molecule has 0 aliphatic carbocycles. The van der Waals surface area contributed by atoms with Crippen LogP contribution in [0.2, 0.25) is 0 Å². The third kappa shape index (κ3) is 4.67. The number of hydrogen-bond donors (Lipinski definition) is 2. The summed E-state index contributed by atoms with van der Waals surface area (Å²) in [6, 6.07) is -0.0429. The van der Waals surface area contributed by atoms with Gasteiger partial charge in [-0.3, -0.25) is 0 Å². The average molecular weight is 220 g/mol. The molecule has 2 amide bonds. The van der Waals surface area contributed by atoms with Crippen LogP contribution in [0.15, 0.2) is 0 Å². The van der Waals surface area contributed by atoms with Crippen molar-refractivity contribution in [3.8, 4) is 0 Å². The summed E-state index contributed by atoms with van der Waals surface area (Å²) in [6.45, 7) is 3.41. The Morgan fingerprint density at radius 2 is 2.31 bits per heavy atom. The van der Waals surface area contributed by atoms with Crippen LogP contribution < -0.4 is 10.6 Å². The van der Waals surface area contributed by atoms with Gasteiger partial charge in [0.1, 0.15) is 0 Å². The highest BCUT2D eigenvalue weighted by Gasteiger charge is 2.14. The van der Waals surface area contributed by atoms with E-state index >= 15 is 0 Å². The molecule has 0 spiro atoms. The van der Waals surface area contributed by atoms with Crippen LogP contribution >= 0.6 is 23.5 Å². The SMILES string of the molecule is CCNC(=O)NCC1CSCCS1. The summed E-state index contributed by atoms with van der Waals surface area (Å²) in [5, 5.41) is 6.19. The van der Waals surface area contributed by atoms with Gasteiger partial charge in [-0.05, 0) is 6.92 Å². The Hall–Kier alpha value is -0.0300. The van der Waals surface area contributed by atoms with Crippen LogP contribution in [0.4, 0.5) is 4.79 Å². The van der Waals surface area contributed by atoms with Crippen LogP contribution in [-0.2, 0) is 0 Å². The van der Waals surface area contributed by atoms with Crippen molar-refractivity contribution in [2.24, 2.45) is 0 Å². The van der Waals surface area contributed by atoms with Crippen LogP contribution in [0.25, 0.3) is 0 Å². The second kappa shape index (κ2) is 6.43. The largest absolute Gasteiger partial charge is 0.338 e. The van der Waals surface area contributed by atoms with Crippen molar-refractivity contribution in [3.63, 3.8) is 0 Å². The number of urea groups is 1. The summed E-state index contributed by atoms with van der Waals surface area (Å²) in [7, 11) is 0. The van der Waals surface area contributed by atoms with Crippen molar-refractivity contribution in [2.45, 2.75) is 12.2 Å². The first-order valence-electron chi connectivity index (χ1n) is 4.54. The Bertz CT molecular complexity index is 160. The summed E-state index contributed by atoms with van der Waals surface area (Å²) >= 11 is 3.94. The predicted molar refractivity (Wildman–Crippen MR) is 60.6 cm³/mol. The molecule has 1 heterocycles. The van der Waals surface area contributed by atoms with Crippen molar-refractivity contribution < 1.29 is 4.79 Å². The van der Waals surface area contributed by atoms with Crippen LogP contribution in [0, 0.1) is 0 Å². The van der Waals surface area contributed by atoms with E-state index in [1.54, 1.807) is 0 Å². The molecule has 1 unspecified atom stereocenters. The summed E-state index contributed by atoms with van der Waals surface area (Å²) in [5.41, 5.74) is 0. The number of amides is 2. The zero-order valence-corrected chi connectivity index (χ0v) is 9.47. The van der Waals surface area contributed by atoms with Gasteiger partial charge in [0, 0.05) is 35.6 Å². The highest BCUT2D eigenvalue weighted by atomic mass is 32.2. The zero-order valence-electron chi connectivity index (χ0n) is 7.84. The van der Waals surface area contributed by atoms with Gasteiger partial charge < -0.3 is 10.6 Å². The molecule has 5 heteroatoms. The van der Waals surface area contributed by atoms with E-state index < -0.39 is 0 Å². The van der Waals surface area contributed by atoms with Crippen molar-refractivity contribution >= 4 is 29.6 Å². The van der Waals surface area contributed by atoms with E-state index in [4.69, 9.17) is 0 Å². The van der Waals surface area contributed by atoms with Gasteiger partial charge in [-0.25, -0.2) is 4.79 Å². The second-order valence-corrected chi connectivity index (χ2v) is 5.37. The lowest BCUT2D eigenvalue weighted by Gasteiger charge is -2.21. The molecule has 0 saturated carbocycles. The topological polar surface area (TPSA) is 41.1 Å². The third-order valence-electron chi connectivity index (χ3n) is 1.71. The van der Waals surface area contributed by atoms with E-state index in [1.807, 2.05) is 30.4 Å². The molecule has 0 radical (unpaired) electrons. The minimum atomic E-state index is -0.0429. The molecule has 1 saturated heterocycles. The number of thioether (sulfide) groups is 2. The van der Waals surface area contributed by atoms with Gasteiger partial charge in [0.2, 0.25) is 0 Å². The van der Waals surface area contributed by atoms with Gasteiger partial charge in [0.15, 0.2) is 0 Å². The fraction of sp³-hybridized carbons (Fsp3) is 0.875. The Kier molecular flexibility index (Phi) is 5.46. The Labute approximate surface area is 87.8 Å². The summed E-state index contributed by atoms with van der Waals surface area (Å²) in [6.07, 6.45) is 0. The van der Waals surface area contributed by atoms with Crippen molar-refractivity contribution in [1.82, 2.24) is 10.6 Å². The van der Waals surface area contributed by atoms with Crippen molar-refractivity contribution in [1.29, 1.82) is 0 Å².